The van der Waals surface area contributed by atoms with Crippen LogP contribution < -0.4 is 4.90 Å². The molecule has 1 unspecified atom stereocenters. The van der Waals surface area contributed by atoms with Gasteiger partial charge in [0.1, 0.15) is 5.82 Å². The number of fused-ring (bicyclic) bond motifs is 2. The van der Waals surface area contributed by atoms with Gasteiger partial charge in [0.05, 0.1) is 12.6 Å². The second-order valence-electron chi connectivity index (χ2n) is 9.44. The first kappa shape index (κ1) is 19.9. The van der Waals surface area contributed by atoms with Crippen LogP contribution in [0.1, 0.15) is 43.8 Å². The Morgan fingerprint density at radius 1 is 1.13 bits per heavy atom. The molecule has 8 heteroatoms. The third-order valence-corrected chi connectivity index (χ3v) is 6.22. The zero-order valence-electron chi connectivity index (χ0n) is 18.4. The van der Waals surface area contributed by atoms with Crippen LogP contribution in [0.2, 0.25) is 0 Å². The molecular formula is C23H28N6O2. The minimum Gasteiger partial charge on any atom is -0.363 e. The summed E-state index contributed by atoms with van der Waals surface area (Å²) in [5.41, 5.74) is 2.80. The molecule has 2 aromatic heterocycles. The Labute approximate surface area is 181 Å². The molecule has 5 rings (SSSR count). The topological polar surface area (TPSA) is 75.9 Å². The van der Waals surface area contributed by atoms with E-state index in [1.54, 1.807) is 0 Å². The zero-order chi connectivity index (χ0) is 21.8. The number of ether oxygens (including phenoxy) is 1. The first-order valence-electron chi connectivity index (χ1n) is 10.8. The van der Waals surface area contributed by atoms with Crippen molar-refractivity contribution in [2.45, 2.75) is 44.8 Å². The Kier molecular flexibility index (Phi) is 4.69. The lowest BCUT2D eigenvalue weighted by Gasteiger charge is -2.45. The molecule has 0 aliphatic carbocycles. The van der Waals surface area contributed by atoms with Gasteiger partial charge >= 0.3 is 0 Å². The van der Waals surface area contributed by atoms with Gasteiger partial charge in [0.2, 0.25) is 0 Å². The third kappa shape index (κ3) is 3.44. The molecule has 3 aromatic rings. The van der Waals surface area contributed by atoms with Crippen LogP contribution in [0.4, 0.5) is 5.82 Å². The number of carbonyl (C=O) groups is 1. The fraction of sp³-hybridized carbons (Fsp3) is 0.478. The minimum absolute atomic E-state index is 0.0223. The normalized spacial score (nSPS) is 19.2. The van der Waals surface area contributed by atoms with Gasteiger partial charge in [-0.15, -0.1) is 15.3 Å². The van der Waals surface area contributed by atoms with Crippen LogP contribution in [0.3, 0.4) is 0 Å². The van der Waals surface area contributed by atoms with Gasteiger partial charge in [0.25, 0.3) is 5.91 Å². The second kappa shape index (κ2) is 7.30. The van der Waals surface area contributed by atoms with Crippen LogP contribution in [-0.2, 0) is 21.4 Å². The monoisotopic (exact) mass is 420 g/mol. The molecule has 8 nitrogen and oxygen atoms in total. The number of rotatable bonds is 3. The number of nitrogens with zero attached hydrogens (tertiary/aromatic N) is 6. The molecule has 0 bridgehead atoms. The van der Waals surface area contributed by atoms with Gasteiger partial charge in [-0.1, -0.05) is 45.0 Å². The highest BCUT2D eigenvalue weighted by Crippen LogP contribution is 2.30. The molecule has 1 atom stereocenters. The summed E-state index contributed by atoms with van der Waals surface area (Å²) in [6.07, 6.45) is 0.346. The summed E-state index contributed by atoms with van der Waals surface area (Å²) < 4.78 is 7.69. The zero-order valence-corrected chi connectivity index (χ0v) is 18.4. The number of hydrogen-bond acceptors (Lipinski definition) is 6. The maximum absolute atomic E-state index is 13.2. The van der Waals surface area contributed by atoms with E-state index in [1.807, 2.05) is 46.8 Å². The van der Waals surface area contributed by atoms with Crippen molar-refractivity contribution >= 4 is 17.4 Å². The lowest BCUT2D eigenvalue weighted by atomic mass is 9.96. The molecule has 1 fully saturated rings. The summed E-state index contributed by atoms with van der Waals surface area (Å²) in [4.78, 5) is 17.2. The van der Waals surface area contributed by atoms with Gasteiger partial charge in [0.15, 0.2) is 17.6 Å². The minimum atomic E-state index is -0.509. The first-order chi connectivity index (χ1) is 14.8. The van der Waals surface area contributed by atoms with E-state index in [-0.39, 0.29) is 17.4 Å². The summed E-state index contributed by atoms with van der Waals surface area (Å²) in [5, 5.41) is 13.3. The Bertz CT molecular complexity index is 1130. The largest absolute Gasteiger partial charge is 0.363 e. The highest BCUT2D eigenvalue weighted by molar-refractivity contribution is 5.83. The van der Waals surface area contributed by atoms with Crippen LogP contribution in [0.25, 0.3) is 5.65 Å². The van der Waals surface area contributed by atoms with Gasteiger partial charge < -0.3 is 14.5 Å². The maximum Gasteiger partial charge on any atom is 0.256 e. The van der Waals surface area contributed by atoms with E-state index >= 15 is 0 Å². The quantitative estimate of drug-likeness (QED) is 0.648. The van der Waals surface area contributed by atoms with Crippen molar-refractivity contribution in [2.75, 3.05) is 31.6 Å². The van der Waals surface area contributed by atoms with Gasteiger partial charge in [-0.2, -0.15) is 4.52 Å². The Morgan fingerprint density at radius 2 is 1.90 bits per heavy atom. The maximum atomic E-state index is 13.2. The van der Waals surface area contributed by atoms with Crippen molar-refractivity contribution in [2.24, 2.45) is 0 Å². The molecule has 2 aliphatic rings. The van der Waals surface area contributed by atoms with E-state index in [1.165, 1.54) is 5.56 Å². The number of benzene rings is 1. The van der Waals surface area contributed by atoms with E-state index in [0.29, 0.717) is 6.61 Å². The highest BCUT2D eigenvalue weighted by atomic mass is 16.5. The molecule has 2 aliphatic heterocycles. The van der Waals surface area contributed by atoms with Crippen molar-refractivity contribution in [3.8, 4) is 0 Å². The molecule has 162 valence electrons. The summed E-state index contributed by atoms with van der Waals surface area (Å²) in [5.74, 6) is 1.73. The van der Waals surface area contributed by atoms with Gasteiger partial charge in [-0.25, -0.2) is 0 Å². The summed E-state index contributed by atoms with van der Waals surface area (Å²) in [6.45, 7) is 8.36. The number of amides is 1. The van der Waals surface area contributed by atoms with Gasteiger partial charge in [-0.3, -0.25) is 4.79 Å². The summed E-state index contributed by atoms with van der Waals surface area (Å²) in [7, 11) is 1.87. The fourth-order valence-corrected chi connectivity index (χ4v) is 4.27. The van der Waals surface area contributed by atoms with E-state index in [9.17, 15) is 4.79 Å². The number of carbonyl (C=O) groups excluding carboxylic acids is 1. The van der Waals surface area contributed by atoms with Crippen molar-refractivity contribution in [3.63, 3.8) is 0 Å². The number of hydrogen-bond donors (Lipinski definition) is 0. The lowest BCUT2D eigenvalue weighted by Crippen LogP contribution is -2.61. The predicted octanol–water partition coefficient (Wildman–Crippen LogP) is 2.38. The molecule has 0 saturated carbocycles. The van der Waals surface area contributed by atoms with Crippen LogP contribution in [0.15, 0.2) is 36.4 Å². The molecular weight excluding hydrogens is 392 g/mol. The highest BCUT2D eigenvalue weighted by Gasteiger charge is 2.38. The van der Waals surface area contributed by atoms with Crippen molar-refractivity contribution in [3.05, 3.63) is 53.3 Å². The van der Waals surface area contributed by atoms with Crippen LogP contribution in [0, 0.1) is 0 Å². The lowest BCUT2D eigenvalue weighted by molar-refractivity contribution is -0.146. The molecule has 1 saturated heterocycles. The number of likely N-dealkylation sites (N-methyl/N-ethyl adjacent to an activating group) is 1. The van der Waals surface area contributed by atoms with Gasteiger partial charge in [0, 0.05) is 25.6 Å². The second-order valence-corrected chi connectivity index (χ2v) is 9.44. The molecule has 0 N–H and O–H groups in total. The molecule has 4 heterocycles. The van der Waals surface area contributed by atoms with Crippen molar-refractivity contribution in [1.29, 1.82) is 0 Å². The van der Waals surface area contributed by atoms with Crippen LogP contribution >= 0.6 is 0 Å². The average molecular weight is 421 g/mol. The van der Waals surface area contributed by atoms with Crippen LogP contribution in [-0.4, -0.2) is 63.4 Å². The van der Waals surface area contributed by atoms with E-state index in [0.717, 1.165) is 42.4 Å². The average Bonchev–Trinajstić information content (AvgIpc) is 3.15. The van der Waals surface area contributed by atoms with E-state index in [2.05, 4.69) is 41.9 Å². The van der Waals surface area contributed by atoms with Crippen LogP contribution in [0.5, 0.6) is 0 Å². The summed E-state index contributed by atoms with van der Waals surface area (Å²) >= 11 is 0. The smallest absolute Gasteiger partial charge is 0.256 e. The number of aromatic nitrogens is 4. The Balaban J connectivity index is 1.29. The molecule has 1 aromatic carbocycles. The molecule has 31 heavy (non-hydrogen) atoms. The predicted molar refractivity (Wildman–Crippen MR) is 117 cm³/mol. The van der Waals surface area contributed by atoms with E-state index in [4.69, 9.17) is 9.84 Å². The summed E-state index contributed by atoms with van der Waals surface area (Å²) in [6, 6.07) is 12.1. The third-order valence-electron chi connectivity index (χ3n) is 6.22. The molecule has 0 radical (unpaired) electrons. The van der Waals surface area contributed by atoms with Gasteiger partial charge in [-0.05, 0) is 29.7 Å². The first-order valence-corrected chi connectivity index (χ1v) is 10.8. The SMILES string of the molecule is CN(C(=O)C1OCCc2ccccc21)C1CN(c2ccc3nnc(C(C)(C)C)n3n2)C1. The molecule has 0 spiro atoms. The van der Waals surface area contributed by atoms with E-state index < -0.39 is 6.10 Å². The van der Waals surface area contributed by atoms with Crippen molar-refractivity contribution in [1.82, 2.24) is 24.7 Å². The fourth-order valence-electron chi connectivity index (χ4n) is 4.27. The number of anilines is 1. The Hall–Kier alpha value is -3.00. The molecule has 1 amide bonds. The Morgan fingerprint density at radius 3 is 2.68 bits per heavy atom. The van der Waals surface area contributed by atoms with Crippen molar-refractivity contribution < 1.29 is 9.53 Å². The standard InChI is InChI=1S/C23H28N6O2/c1-23(2,3)22-25-24-18-9-10-19(26-29(18)22)28-13-16(14-28)27(4)21(30)20-17-8-6-5-7-15(17)11-12-31-20/h5-10,16,20H,11-14H2,1-4H3.